The topological polar surface area (TPSA) is 327 Å². The Labute approximate surface area is 883 Å². The van der Waals surface area contributed by atoms with E-state index >= 15 is 0 Å². The van der Waals surface area contributed by atoms with E-state index in [0.29, 0.717) is 113 Å². The van der Waals surface area contributed by atoms with Gasteiger partial charge in [0.1, 0.15) is 22.6 Å². The summed E-state index contributed by atoms with van der Waals surface area (Å²) in [6.07, 6.45) is 7.74. The van der Waals surface area contributed by atoms with Crippen molar-refractivity contribution >= 4 is 129 Å². The Balaban J connectivity index is 0.000000205. The zero-order chi connectivity index (χ0) is 104. The molecule has 0 aromatic heterocycles. The fourth-order valence-electron chi connectivity index (χ4n) is 19.9. The van der Waals surface area contributed by atoms with Crippen LogP contribution in [0.4, 0.5) is 37.1 Å². The first-order valence-electron chi connectivity index (χ1n) is 49.8. The van der Waals surface area contributed by atoms with Gasteiger partial charge >= 0.3 is 86.9 Å². The number of esters is 3. The number of benzene rings is 5. The third-order valence-electron chi connectivity index (χ3n) is 30.0. The summed E-state index contributed by atoms with van der Waals surface area (Å²) < 4.78 is 81.1. The van der Waals surface area contributed by atoms with Crippen molar-refractivity contribution in [2.75, 3.05) is 127 Å². The molecule has 1 aliphatic carbocycles. The summed E-state index contributed by atoms with van der Waals surface area (Å²) in [6, 6.07) is 24.8. The fraction of sp³-hybridized carbons (Fsp3) is 0.642. The fourth-order valence-corrected chi connectivity index (χ4v) is 20.8. The second-order valence-electron chi connectivity index (χ2n) is 44.2. The van der Waals surface area contributed by atoms with Crippen LogP contribution in [-0.2, 0) is 92.7 Å². The molecule has 142 heavy (non-hydrogen) atoms. The van der Waals surface area contributed by atoms with Crippen LogP contribution in [-0.4, -0.2) is 264 Å². The molecule has 10 aliphatic rings. The van der Waals surface area contributed by atoms with E-state index in [0.717, 1.165) is 142 Å². The summed E-state index contributed by atoms with van der Waals surface area (Å²) in [5, 5.41) is 3.12. The number of likely N-dealkylation sites (tertiary alicyclic amines) is 3. The van der Waals surface area contributed by atoms with Crippen molar-refractivity contribution in [1.82, 2.24) is 14.7 Å². The number of anilines is 4. The molecule has 9 heterocycles. The molecule has 0 radical (unpaired) electrons. The Morgan fingerprint density at radius 3 is 1.13 bits per heavy atom. The Morgan fingerprint density at radius 2 is 0.768 bits per heavy atom. The third-order valence-corrected chi connectivity index (χ3v) is 30.9. The molecule has 30 nitrogen and oxygen atoms in total. The summed E-state index contributed by atoms with van der Waals surface area (Å²) >= 11 is 6.98. The van der Waals surface area contributed by atoms with E-state index in [2.05, 4.69) is 103 Å². The van der Waals surface area contributed by atoms with E-state index < -0.39 is 54.6 Å². The molecule has 15 rings (SSSR count). The molecule has 776 valence electrons. The van der Waals surface area contributed by atoms with Gasteiger partial charge in [0.15, 0.2) is 0 Å². The van der Waals surface area contributed by atoms with Crippen molar-refractivity contribution in [2.24, 2.45) is 0 Å². The molecule has 5 aromatic carbocycles. The molecule has 0 atom stereocenters. The van der Waals surface area contributed by atoms with Crippen LogP contribution in [0.2, 0.25) is 0 Å². The summed E-state index contributed by atoms with van der Waals surface area (Å²) in [7, 11) is 2.65. The molecule has 0 unspecified atom stereocenters. The number of piperidine rings is 3. The zero-order valence-electron chi connectivity index (χ0n) is 90.2. The number of carbonyl (C=O) groups excluding carboxylic acids is 8. The first kappa shape index (κ1) is 118. The van der Waals surface area contributed by atoms with E-state index in [4.69, 9.17) is 65.8 Å². The number of hydrogen-bond donors (Lipinski definition) is 1. The van der Waals surface area contributed by atoms with Crippen LogP contribution < -0.4 is 55.0 Å². The number of Topliss-reactive ketones (excluding diaryl/α,β-unsaturated/α-hetero) is 1. The molecule has 2 N–H and O–H groups in total. The van der Waals surface area contributed by atoms with Crippen molar-refractivity contribution in [3.63, 3.8) is 0 Å². The van der Waals surface area contributed by atoms with Gasteiger partial charge in [0, 0.05) is 142 Å². The molecule has 0 bridgehead atoms. The number of hydrogen-bond acceptors (Lipinski definition) is 26. The predicted octanol–water partition coefficient (Wildman–Crippen LogP) is 16.5. The number of nitrogens with zero attached hydrogens (tertiary/aromatic N) is 6. The number of amides is 4. The van der Waals surface area contributed by atoms with E-state index in [-0.39, 0.29) is 117 Å². The van der Waals surface area contributed by atoms with Crippen molar-refractivity contribution < 1.29 is 139 Å². The van der Waals surface area contributed by atoms with Crippen molar-refractivity contribution in [2.45, 2.75) is 337 Å². The zero-order valence-corrected chi connectivity index (χ0v) is 95.4. The molecule has 0 saturated carbocycles. The Bertz CT molecular complexity index is 5230. The molecule has 36 heteroatoms. The van der Waals surface area contributed by atoms with Crippen LogP contribution in [0.25, 0.3) is 11.1 Å². The molecule has 2 spiro atoms. The van der Waals surface area contributed by atoms with E-state index in [1.807, 2.05) is 203 Å². The van der Waals surface area contributed by atoms with E-state index in [1.165, 1.54) is 32.5 Å². The average Bonchev–Trinajstić information content (AvgIpc) is 1.58. The van der Waals surface area contributed by atoms with Crippen molar-refractivity contribution in [3.05, 3.63) is 132 Å². The third kappa shape index (κ3) is 26.8. The van der Waals surface area contributed by atoms with Gasteiger partial charge in [0.05, 0.1) is 82.5 Å². The number of carbonyl (C=O) groups is 8. The summed E-state index contributed by atoms with van der Waals surface area (Å²) in [5.41, 5.74) is 9.31. The van der Waals surface area contributed by atoms with E-state index in [9.17, 15) is 38.4 Å². The van der Waals surface area contributed by atoms with Crippen LogP contribution >= 0.6 is 31.9 Å². The second kappa shape index (κ2) is 47.0. The van der Waals surface area contributed by atoms with Crippen LogP contribution in [0.5, 0.6) is 0 Å². The number of ether oxygens (including phenoxy) is 8. The Hall–Kier alpha value is -7.35. The minimum atomic E-state index is -0.592. The number of halogens is 2. The molecule has 4 amide bonds. The maximum atomic E-state index is 13.1. The van der Waals surface area contributed by atoms with Gasteiger partial charge in [-0.3, -0.25) is 9.59 Å². The number of fused-ring (bicyclic) bond motifs is 4. The Morgan fingerprint density at radius 1 is 0.430 bits per heavy atom. The van der Waals surface area contributed by atoms with Crippen LogP contribution in [0.15, 0.2) is 81.7 Å². The van der Waals surface area contributed by atoms with Crippen molar-refractivity contribution in [1.29, 1.82) is 0 Å². The molecular weight excluding hydrogens is 1950 g/mol. The molecule has 8 fully saturated rings. The minimum absolute atomic E-state index is 0. The van der Waals surface area contributed by atoms with Gasteiger partial charge in [0.2, 0.25) is 5.91 Å². The summed E-state index contributed by atoms with van der Waals surface area (Å²) in [4.78, 5) is 113. The van der Waals surface area contributed by atoms with Crippen molar-refractivity contribution in [3.8, 4) is 11.1 Å². The van der Waals surface area contributed by atoms with Gasteiger partial charge in [-0.2, -0.15) is 0 Å². The first-order valence-corrected chi connectivity index (χ1v) is 51.4. The average molecular weight is 2110 g/mol. The number of methoxy groups -OCH3 is 3. The number of nitrogens with one attached hydrogen (secondary N) is 1. The van der Waals surface area contributed by atoms with Gasteiger partial charge in [-0.05, 0) is 356 Å². The smallest absolute Gasteiger partial charge is 0.870 e. The number of ketones is 1. The van der Waals surface area contributed by atoms with Crippen LogP contribution in [0.1, 0.15) is 295 Å². The monoisotopic (exact) mass is 2110 g/mol. The minimum Gasteiger partial charge on any atom is -0.870 e. The quantitative estimate of drug-likeness (QED) is 0.0578. The summed E-state index contributed by atoms with van der Waals surface area (Å²) in [6.45, 7) is 62.0. The first-order chi connectivity index (χ1) is 65.2. The molecule has 8 saturated heterocycles. The van der Waals surface area contributed by atoms with Gasteiger partial charge in [0.25, 0.3) is 0 Å². The predicted molar refractivity (Wildman–Crippen MR) is 557 cm³/mol. The van der Waals surface area contributed by atoms with Crippen LogP contribution in [0, 0.1) is 20.8 Å². The second-order valence-corrected chi connectivity index (χ2v) is 46.1. The Kier molecular flexibility index (Phi) is 39.1. The largest absolute Gasteiger partial charge is 1.00 e. The maximum absolute atomic E-state index is 13.1. The van der Waals surface area contributed by atoms with Gasteiger partial charge in [-0.25, -0.2) is 28.8 Å². The molecular formula is C106H155B3Br2N7NaO23. The SMILES string of the molecule is CC1(C)OB(B2OC(C)(C)C(C)(C)O2)OC1(C)C.CCN(c1cc(-c2ccc3c(c2)NC(=O)C32CCOCC2)cc(C(=O)OC)c1C)C1CCN(C(=O)OC(C)(C)C)CC1.CCN(c1cc(B2OC(C)(C)C(C)(C)O2)cc(C(=O)OC)c1C)C1CCN(C(=O)OC(C)(C)C)CC1.CCN(c1cc(Br)cc(C(=O)OC)c1C)C1CCN(C(=O)OC(C)(C)C)CC1.O=C1Cc2cc(Br)ccc2C12CCOCC2.[Na+].[OH-]. The molecule has 9 aliphatic heterocycles. The molecule has 5 aromatic rings. The van der Waals surface area contributed by atoms with Crippen LogP contribution in [0.3, 0.4) is 0 Å². The maximum Gasteiger partial charge on any atom is 1.00 e. The van der Waals surface area contributed by atoms with E-state index in [1.54, 1.807) is 20.8 Å². The standard InChI is InChI=1S/C33H43N3O6.C27H43BN2O6.C21H31BrN2O4.C13H13BrO2.C12H24B2O4.Na.H2O/c1-7-36(24-10-14-35(15-11-24)31(39)42-32(3,4)5)28-20-23(18-25(21(28)2)29(37)40-6)22-8-9-26-27(19-22)34-30(38)33(26)12-16-41-17-13-33;1-11-30(20-12-14-29(15-13-20)24(32)34-25(3,4)5)22-17-19(16-21(18(22)2)23(31)33-10)28-35-26(6,7)27(8,9)36-28;1-7-24(18-13-15(22)12-17(14(18)2)19(25)27-6)16-8-10-23(11-9-16)20(26)28-21(3,4)5;14-10-1-2-11-9(7-10)8-12(15)13(11)3-5-16-6-4-13;1-9(2)10(3,4)16-13(15-9)14-17-11(5,6)12(7,8)18-14;;/h8-9,18-20,24H,7,10-17H2,1-6H3,(H,34,38);16-17,20H,11-15H2,1-10H3;12-13,16H,7-11H2,1-6H3;1-2,7H,3-6,8H2;1-8H3;;1H2/q;;;;;+1;/p-1. The normalized spacial score (nSPS) is 20.1. The van der Waals surface area contributed by atoms with Gasteiger partial charge in [-0.1, -0.05) is 50.1 Å². The number of rotatable bonds is 15. The van der Waals surface area contributed by atoms with Gasteiger partial charge < -0.3 is 106 Å². The summed E-state index contributed by atoms with van der Waals surface area (Å²) in [5.74, 6) is -0.697. The van der Waals surface area contributed by atoms with Gasteiger partial charge in [-0.15, -0.1) is 0 Å².